The maximum absolute atomic E-state index is 13.0. The number of nitrogen functional groups attached to an aromatic ring is 1. The molecule has 2 rings (SSSR count). The summed E-state index contributed by atoms with van der Waals surface area (Å²) in [4.78, 5) is 4.03. The Hall–Kier alpha value is -1.52. The Morgan fingerprint density at radius 3 is 2.65 bits per heavy atom. The highest BCUT2D eigenvalue weighted by atomic mass is 35.5. The van der Waals surface area contributed by atoms with Crippen molar-refractivity contribution in [1.29, 1.82) is 0 Å². The van der Waals surface area contributed by atoms with Crippen LogP contribution in [0.25, 0.3) is 0 Å². The van der Waals surface area contributed by atoms with E-state index in [-0.39, 0.29) is 5.02 Å². The van der Waals surface area contributed by atoms with Crippen LogP contribution in [-0.2, 0) is 0 Å². The Kier molecular flexibility index (Phi) is 3.36. The van der Waals surface area contributed by atoms with E-state index in [4.69, 9.17) is 28.9 Å². The molecule has 0 bridgehead atoms. The predicted molar refractivity (Wildman–Crippen MR) is 68.4 cm³/mol. The molecule has 0 spiro atoms. The first kappa shape index (κ1) is 12.0. The SMILES string of the molecule is Nc1c(Cl)ccnc1Nc1ccc(F)c(Cl)c1. The van der Waals surface area contributed by atoms with E-state index < -0.39 is 5.82 Å². The van der Waals surface area contributed by atoms with Gasteiger partial charge in [-0.1, -0.05) is 23.2 Å². The number of rotatable bonds is 2. The Morgan fingerprint density at radius 2 is 1.94 bits per heavy atom. The molecule has 88 valence electrons. The summed E-state index contributed by atoms with van der Waals surface area (Å²) in [6.07, 6.45) is 1.52. The number of hydrogen-bond acceptors (Lipinski definition) is 3. The molecule has 17 heavy (non-hydrogen) atoms. The Morgan fingerprint density at radius 1 is 1.18 bits per heavy atom. The van der Waals surface area contributed by atoms with Crippen LogP contribution in [0.5, 0.6) is 0 Å². The topological polar surface area (TPSA) is 50.9 Å². The van der Waals surface area contributed by atoms with Gasteiger partial charge in [-0.05, 0) is 24.3 Å². The number of benzene rings is 1. The Balaban J connectivity index is 2.31. The highest BCUT2D eigenvalue weighted by Crippen LogP contribution is 2.28. The van der Waals surface area contributed by atoms with Crippen LogP contribution in [0.2, 0.25) is 10.0 Å². The molecule has 2 aromatic rings. The minimum atomic E-state index is -0.482. The smallest absolute Gasteiger partial charge is 0.155 e. The molecule has 0 amide bonds. The summed E-state index contributed by atoms with van der Waals surface area (Å²) in [6, 6.07) is 5.81. The van der Waals surface area contributed by atoms with Crippen LogP contribution in [0.1, 0.15) is 0 Å². The molecular weight excluding hydrogens is 264 g/mol. The summed E-state index contributed by atoms with van der Waals surface area (Å²) in [5.74, 6) is -0.0792. The summed E-state index contributed by atoms with van der Waals surface area (Å²) >= 11 is 11.5. The van der Waals surface area contributed by atoms with Crippen LogP contribution >= 0.6 is 23.2 Å². The standard InChI is InChI=1S/C11H8Cl2FN3/c12-7-3-4-16-11(10(7)15)17-6-1-2-9(14)8(13)5-6/h1-5H,15H2,(H,16,17). The Labute approximate surface area is 107 Å². The van der Waals surface area contributed by atoms with Crippen LogP contribution < -0.4 is 11.1 Å². The van der Waals surface area contributed by atoms with Gasteiger partial charge in [-0.2, -0.15) is 0 Å². The first-order chi connectivity index (χ1) is 8.08. The highest BCUT2D eigenvalue weighted by molar-refractivity contribution is 6.33. The fourth-order valence-corrected chi connectivity index (χ4v) is 1.59. The molecular formula is C11H8Cl2FN3. The van der Waals surface area contributed by atoms with Crippen LogP contribution in [0.15, 0.2) is 30.5 Å². The molecule has 0 fully saturated rings. The second kappa shape index (κ2) is 4.77. The monoisotopic (exact) mass is 271 g/mol. The molecule has 0 aliphatic heterocycles. The zero-order chi connectivity index (χ0) is 12.4. The number of nitrogens with one attached hydrogen (secondary N) is 1. The second-order valence-corrected chi connectivity index (χ2v) is 4.12. The number of nitrogens with two attached hydrogens (primary N) is 1. The van der Waals surface area contributed by atoms with Crippen molar-refractivity contribution < 1.29 is 4.39 Å². The predicted octanol–water partition coefficient (Wildman–Crippen LogP) is 3.85. The van der Waals surface area contributed by atoms with Gasteiger partial charge in [-0.25, -0.2) is 9.37 Å². The first-order valence-corrected chi connectivity index (χ1v) is 5.45. The quantitative estimate of drug-likeness (QED) is 0.872. The summed E-state index contributed by atoms with van der Waals surface area (Å²) in [6.45, 7) is 0. The average molecular weight is 272 g/mol. The molecule has 3 nitrogen and oxygen atoms in total. The molecule has 0 unspecified atom stereocenters. The third-order valence-corrected chi connectivity index (χ3v) is 2.74. The van der Waals surface area contributed by atoms with Gasteiger partial charge in [0, 0.05) is 11.9 Å². The van der Waals surface area contributed by atoms with Crippen LogP contribution in [0.3, 0.4) is 0 Å². The molecule has 1 heterocycles. The molecule has 0 aliphatic rings. The van der Waals surface area contributed by atoms with Crippen molar-refractivity contribution in [3.8, 4) is 0 Å². The number of pyridine rings is 1. The molecule has 6 heteroatoms. The van der Waals surface area contributed by atoms with Gasteiger partial charge in [0.1, 0.15) is 5.82 Å². The molecule has 0 saturated heterocycles. The third kappa shape index (κ3) is 2.60. The van der Waals surface area contributed by atoms with Gasteiger partial charge in [-0.15, -0.1) is 0 Å². The van der Waals surface area contributed by atoms with E-state index in [1.807, 2.05) is 0 Å². The minimum absolute atomic E-state index is 0.0237. The Bertz CT molecular complexity index is 560. The fraction of sp³-hybridized carbons (Fsp3) is 0. The van der Waals surface area contributed by atoms with Gasteiger partial charge in [0.05, 0.1) is 15.7 Å². The largest absolute Gasteiger partial charge is 0.395 e. The molecule has 0 aliphatic carbocycles. The average Bonchev–Trinajstić information content (AvgIpc) is 2.30. The van der Waals surface area contributed by atoms with Crippen LogP contribution in [-0.4, -0.2) is 4.98 Å². The molecule has 0 radical (unpaired) electrons. The molecule has 3 N–H and O–H groups in total. The summed E-state index contributed by atoms with van der Waals surface area (Å²) < 4.78 is 13.0. The number of aromatic nitrogens is 1. The van der Waals surface area contributed by atoms with Crippen LogP contribution in [0.4, 0.5) is 21.6 Å². The zero-order valence-corrected chi connectivity index (χ0v) is 10.1. The lowest BCUT2D eigenvalue weighted by atomic mass is 10.3. The third-order valence-electron chi connectivity index (χ3n) is 2.12. The molecule has 0 saturated carbocycles. The van der Waals surface area contributed by atoms with Gasteiger partial charge < -0.3 is 11.1 Å². The van der Waals surface area contributed by atoms with Gasteiger partial charge in [0.2, 0.25) is 0 Å². The van der Waals surface area contributed by atoms with Crippen molar-refractivity contribution in [3.05, 3.63) is 46.3 Å². The molecule has 1 aromatic heterocycles. The summed E-state index contributed by atoms with van der Waals surface area (Å²) in [7, 11) is 0. The number of hydrogen-bond donors (Lipinski definition) is 2. The van der Waals surface area contributed by atoms with Crippen molar-refractivity contribution in [1.82, 2.24) is 4.98 Å². The maximum atomic E-state index is 13.0. The van der Waals surface area contributed by atoms with E-state index in [2.05, 4.69) is 10.3 Å². The van der Waals surface area contributed by atoms with E-state index in [0.717, 1.165) is 0 Å². The minimum Gasteiger partial charge on any atom is -0.395 e. The molecule has 0 atom stereocenters. The first-order valence-electron chi connectivity index (χ1n) is 4.70. The van der Waals surface area contributed by atoms with E-state index in [0.29, 0.717) is 22.2 Å². The van der Waals surface area contributed by atoms with Gasteiger partial charge >= 0.3 is 0 Å². The normalized spacial score (nSPS) is 10.3. The van der Waals surface area contributed by atoms with E-state index in [1.54, 1.807) is 6.07 Å². The van der Waals surface area contributed by atoms with Crippen molar-refractivity contribution in [2.75, 3.05) is 11.1 Å². The summed E-state index contributed by atoms with van der Waals surface area (Å²) in [5.41, 5.74) is 6.64. The van der Waals surface area contributed by atoms with E-state index in [1.165, 1.54) is 24.4 Å². The maximum Gasteiger partial charge on any atom is 0.155 e. The van der Waals surface area contributed by atoms with E-state index >= 15 is 0 Å². The van der Waals surface area contributed by atoms with Crippen molar-refractivity contribution in [2.24, 2.45) is 0 Å². The lowest BCUT2D eigenvalue weighted by Crippen LogP contribution is -1.99. The van der Waals surface area contributed by atoms with Crippen molar-refractivity contribution in [2.45, 2.75) is 0 Å². The lowest BCUT2D eigenvalue weighted by molar-refractivity contribution is 0.628. The molecule has 1 aromatic carbocycles. The fourth-order valence-electron chi connectivity index (χ4n) is 1.26. The number of halogens is 3. The van der Waals surface area contributed by atoms with Gasteiger partial charge in [0.25, 0.3) is 0 Å². The van der Waals surface area contributed by atoms with Gasteiger partial charge in [0.15, 0.2) is 5.82 Å². The lowest BCUT2D eigenvalue weighted by Gasteiger charge is -2.09. The van der Waals surface area contributed by atoms with Crippen molar-refractivity contribution >= 4 is 40.4 Å². The summed E-state index contributed by atoms with van der Waals surface area (Å²) in [5, 5.41) is 3.33. The van der Waals surface area contributed by atoms with Crippen molar-refractivity contribution in [3.63, 3.8) is 0 Å². The number of anilines is 3. The van der Waals surface area contributed by atoms with Crippen LogP contribution in [0, 0.1) is 5.82 Å². The van der Waals surface area contributed by atoms with E-state index in [9.17, 15) is 4.39 Å². The number of nitrogens with zero attached hydrogens (tertiary/aromatic N) is 1. The zero-order valence-electron chi connectivity index (χ0n) is 8.55. The highest BCUT2D eigenvalue weighted by Gasteiger charge is 2.06. The van der Waals surface area contributed by atoms with Gasteiger partial charge in [-0.3, -0.25) is 0 Å². The second-order valence-electron chi connectivity index (χ2n) is 3.31.